The van der Waals surface area contributed by atoms with Gasteiger partial charge in [-0.25, -0.2) is 0 Å². The fourth-order valence-corrected chi connectivity index (χ4v) is 4.34. The molecule has 0 spiro atoms. The molecule has 0 radical (unpaired) electrons. The van der Waals surface area contributed by atoms with Crippen LogP contribution in [0.1, 0.15) is 6.42 Å². The monoisotopic (exact) mass is 180 g/mol. The number of carboxylic acids is 1. The molecule has 0 aromatic carbocycles. The van der Waals surface area contributed by atoms with Gasteiger partial charge in [-0.3, -0.25) is 9.59 Å². The first kappa shape index (κ1) is 6.40. The molecular weight excluding hydrogens is 172 g/mol. The van der Waals surface area contributed by atoms with Crippen LogP contribution in [-0.2, 0) is 14.3 Å². The van der Waals surface area contributed by atoms with E-state index < -0.39 is 11.4 Å². The van der Waals surface area contributed by atoms with Crippen molar-refractivity contribution in [1.82, 2.24) is 0 Å². The number of aliphatic carboxylic acids is 1. The lowest BCUT2D eigenvalue weighted by Crippen LogP contribution is -2.31. The van der Waals surface area contributed by atoms with Crippen molar-refractivity contribution in [3.8, 4) is 0 Å². The van der Waals surface area contributed by atoms with E-state index in [1.165, 1.54) is 0 Å². The zero-order valence-corrected chi connectivity index (χ0v) is 6.77. The molecule has 13 heavy (non-hydrogen) atoms. The molecule has 1 aliphatic heterocycles. The van der Waals surface area contributed by atoms with E-state index in [-0.39, 0.29) is 35.7 Å². The van der Waals surface area contributed by atoms with Crippen LogP contribution in [0.25, 0.3) is 0 Å². The van der Waals surface area contributed by atoms with Gasteiger partial charge in [-0.15, -0.1) is 0 Å². The van der Waals surface area contributed by atoms with Crippen LogP contribution in [0.15, 0.2) is 0 Å². The van der Waals surface area contributed by atoms with Gasteiger partial charge in [0.15, 0.2) is 0 Å². The van der Waals surface area contributed by atoms with Gasteiger partial charge in [-0.05, 0) is 12.3 Å². The lowest BCUT2D eigenvalue weighted by atomic mass is 9.90. The Hall–Kier alpha value is -1.06. The van der Waals surface area contributed by atoms with Crippen LogP contribution in [0.4, 0.5) is 0 Å². The van der Waals surface area contributed by atoms with Gasteiger partial charge in [-0.2, -0.15) is 0 Å². The highest BCUT2D eigenvalue weighted by Crippen LogP contribution is 2.84. The van der Waals surface area contributed by atoms with E-state index in [0.29, 0.717) is 0 Å². The van der Waals surface area contributed by atoms with Crippen LogP contribution in [0.5, 0.6) is 0 Å². The van der Waals surface area contributed by atoms with Crippen LogP contribution >= 0.6 is 0 Å². The zero-order chi connectivity index (χ0) is 8.96. The zero-order valence-electron chi connectivity index (χ0n) is 6.77. The van der Waals surface area contributed by atoms with Crippen molar-refractivity contribution < 1.29 is 19.4 Å². The maximum absolute atomic E-state index is 11.3. The molecule has 1 N–H and O–H groups in total. The highest BCUT2D eigenvalue weighted by atomic mass is 16.6. The van der Waals surface area contributed by atoms with Gasteiger partial charge in [-0.1, -0.05) is 0 Å². The summed E-state index contributed by atoms with van der Waals surface area (Å²) in [5, 5.41) is 9.14. The van der Waals surface area contributed by atoms with Crippen LogP contribution in [0, 0.1) is 29.1 Å². The molecule has 2 unspecified atom stereocenters. The predicted molar refractivity (Wildman–Crippen MR) is 38.5 cm³/mol. The number of carbonyl (C=O) groups is 2. The molecule has 1 saturated heterocycles. The SMILES string of the molecule is O=C1O[C@@H]2C3[C@H]4C[C@H]2[C@@H]1C34C(=O)O. The molecular formula is C9H8O4. The molecule has 0 amide bonds. The first-order valence-corrected chi connectivity index (χ1v) is 4.63. The van der Waals surface area contributed by atoms with E-state index in [1.807, 2.05) is 0 Å². The third kappa shape index (κ3) is 0.365. The molecule has 0 aromatic rings. The van der Waals surface area contributed by atoms with Crippen molar-refractivity contribution >= 4 is 11.9 Å². The number of esters is 1. The molecule has 4 aliphatic carbocycles. The van der Waals surface area contributed by atoms with E-state index in [4.69, 9.17) is 9.84 Å². The number of hydrogen-bond donors (Lipinski definition) is 1. The molecule has 1 heterocycles. The summed E-state index contributed by atoms with van der Waals surface area (Å²) in [5.74, 6) is -0.680. The number of hydrogen-bond acceptors (Lipinski definition) is 3. The van der Waals surface area contributed by atoms with Crippen molar-refractivity contribution in [3.63, 3.8) is 0 Å². The molecule has 5 aliphatic rings. The maximum Gasteiger partial charge on any atom is 0.311 e. The minimum absolute atomic E-state index is 0.0430. The first-order valence-electron chi connectivity index (χ1n) is 4.63. The summed E-state index contributed by atoms with van der Waals surface area (Å²) in [6.45, 7) is 0. The molecule has 4 saturated carbocycles. The summed E-state index contributed by atoms with van der Waals surface area (Å²) in [7, 11) is 0. The summed E-state index contributed by atoms with van der Waals surface area (Å²) < 4.78 is 5.14. The fraction of sp³-hybridized carbons (Fsp3) is 0.778. The summed E-state index contributed by atoms with van der Waals surface area (Å²) in [6, 6.07) is 0. The minimum atomic E-state index is -0.769. The summed E-state index contributed by atoms with van der Waals surface area (Å²) in [6.07, 6.45) is 0.858. The van der Waals surface area contributed by atoms with Gasteiger partial charge in [0, 0.05) is 11.8 Å². The van der Waals surface area contributed by atoms with Gasteiger partial charge in [0.05, 0.1) is 11.3 Å². The fourth-order valence-electron chi connectivity index (χ4n) is 4.34. The highest BCUT2D eigenvalue weighted by molar-refractivity contribution is 5.93. The summed E-state index contributed by atoms with van der Waals surface area (Å²) >= 11 is 0. The normalized spacial score (nSPS) is 64.0. The van der Waals surface area contributed by atoms with Crippen LogP contribution in [0.2, 0.25) is 0 Å². The molecule has 0 aromatic heterocycles. The van der Waals surface area contributed by atoms with Gasteiger partial charge < -0.3 is 9.84 Å². The van der Waals surface area contributed by atoms with Crippen LogP contribution in [-0.4, -0.2) is 23.1 Å². The second-order valence-corrected chi connectivity index (χ2v) is 4.65. The van der Waals surface area contributed by atoms with Crippen molar-refractivity contribution in [2.75, 3.05) is 0 Å². The van der Waals surface area contributed by atoms with E-state index in [9.17, 15) is 9.59 Å². The Morgan fingerprint density at radius 2 is 2.38 bits per heavy atom. The molecule has 4 nitrogen and oxygen atoms in total. The van der Waals surface area contributed by atoms with Gasteiger partial charge in [0.1, 0.15) is 6.10 Å². The Balaban J connectivity index is 1.95. The smallest absolute Gasteiger partial charge is 0.311 e. The Morgan fingerprint density at radius 3 is 2.92 bits per heavy atom. The third-order valence-electron chi connectivity index (χ3n) is 4.61. The van der Waals surface area contributed by atoms with Crippen LogP contribution < -0.4 is 0 Å². The Bertz CT molecular complexity index is 361. The lowest BCUT2D eigenvalue weighted by molar-refractivity contribution is -0.160. The molecule has 68 valence electrons. The molecule has 6 bridgehead atoms. The van der Waals surface area contributed by atoms with Crippen molar-refractivity contribution in [1.29, 1.82) is 0 Å². The lowest BCUT2D eigenvalue weighted by Gasteiger charge is -2.16. The topological polar surface area (TPSA) is 63.6 Å². The number of rotatable bonds is 1. The minimum Gasteiger partial charge on any atom is -0.481 e. The highest BCUT2D eigenvalue weighted by Gasteiger charge is 2.92. The molecule has 5 rings (SSSR count). The van der Waals surface area contributed by atoms with E-state index >= 15 is 0 Å². The van der Waals surface area contributed by atoms with Gasteiger partial charge in [0.25, 0.3) is 0 Å². The first-order chi connectivity index (χ1) is 6.19. The number of carboxylic acid groups (broad SMARTS) is 1. The molecule has 5 fully saturated rings. The molecule has 4 heteroatoms. The third-order valence-corrected chi connectivity index (χ3v) is 4.61. The maximum atomic E-state index is 11.3. The van der Waals surface area contributed by atoms with Crippen LogP contribution in [0.3, 0.4) is 0 Å². The van der Waals surface area contributed by atoms with E-state index in [1.54, 1.807) is 0 Å². The standard InChI is InChI=1S/C9H8O4/c10-7-4-2-1-3-5(6(2)13-7)9(3,4)8(11)12/h2-6H,1H2,(H,11,12)/t2-,3+,4-,5?,6-,9?/m0/s1. The number of carbonyl (C=O) groups excluding carboxylic acids is 1. The Kier molecular flexibility index (Phi) is 0.682. The van der Waals surface area contributed by atoms with Gasteiger partial charge in [0.2, 0.25) is 0 Å². The second-order valence-electron chi connectivity index (χ2n) is 4.65. The quantitative estimate of drug-likeness (QED) is 0.571. The van der Waals surface area contributed by atoms with E-state index in [2.05, 4.69) is 0 Å². The van der Waals surface area contributed by atoms with E-state index in [0.717, 1.165) is 6.42 Å². The Morgan fingerprint density at radius 1 is 1.62 bits per heavy atom. The summed E-state index contributed by atoms with van der Waals surface area (Å²) in [5.41, 5.74) is -0.676. The summed E-state index contributed by atoms with van der Waals surface area (Å²) in [4.78, 5) is 22.5. The predicted octanol–water partition coefficient (Wildman–Crippen LogP) is -0.121. The average Bonchev–Trinajstić information content (AvgIpc) is 2.45. The largest absolute Gasteiger partial charge is 0.481 e. The van der Waals surface area contributed by atoms with Crippen molar-refractivity contribution in [3.05, 3.63) is 0 Å². The average molecular weight is 180 g/mol. The number of ether oxygens (including phenoxy) is 1. The van der Waals surface area contributed by atoms with Crippen molar-refractivity contribution in [2.45, 2.75) is 12.5 Å². The van der Waals surface area contributed by atoms with Gasteiger partial charge >= 0.3 is 11.9 Å². The Labute approximate surface area is 73.9 Å². The van der Waals surface area contributed by atoms with Crippen molar-refractivity contribution in [2.24, 2.45) is 29.1 Å². The second kappa shape index (κ2) is 1.38. The molecule has 6 atom stereocenters.